The minimum Gasteiger partial charge on any atom is -0.368 e. The molecule has 1 fully saturated rings. The molecule has 4 rings (SSSR count). The number of halogens is 5. The van der Waals surface area contributed by atoms with Gasteiger partial charge in [-0.25, -0.2) is 4.39 Å². The van der Waals surface area contributed by atoms with E-state index in [9.17, 15) is 27.2 Å². The van der Waals surface area contributed by atoms with Crippen molar-refractivity contribution >= 4 is 23.4 Å². The second-order valence-electron chi connectivity index (χ2n) is 7.70. The van der Waals surface area contributed by atoms with Crippen molar-refractivity contribution in [1.82, 2.24) is 30.1 Å². The minimum absolute atomic E-state index is 0.00236. The molecule has 0 spiro atoms. The van der Waals surface area contributed by atoms with Crippen molar-refractivity contribution in [1.29, 1.82) is 0 Å². The van der Waals surface area contributed by atoms with Crippen LogP contribution in [0, 0.1) is 5.82 Å². The van der Waals surface area contributed by atoms with Gasteiger partial charge in [-0.05, 0) is 35.8 Å². The maximum atomic E-state index is 14.6. The van der Waals surface area contributed by atoms with E-state index in [1.165, 1.54) is 31.4 Å². The number of nitrogens with zero attached hydrogens (tertiary/aromatic N) is 6. The van der Waals surface area contributed by atoms with Crippen molar-refractivity contribution in [3.8, 4) is 22.5 Å². The zero-order chi connectivity index (χ0) is 24.8. The Labute approximate surface area is 194 Å². The van der Waals surface area contributed by atoms with E-state index in [0.717, 1.165) is 4.80 Å². The first-order chi connectivity index (χ1) is 15.9. The summed E-state index contributed by atoms with van der Waals surface area (Å²) in [6.07, 6.45) is -3.97. The fourth-order valence-corrected chi connectivity index (χ4v) is 3.82. The fraction of sp³-hybridized carbons (Fsp3) is 0.300. The van der Waals surface area contributed by atoms with Gasteiger partial charge < -0.3 is 10.6 Å². The van der Waals surface area contributed by atoms with Gasteiger partial charge in [0.25, 0.3) is 0 Å². The molecule has 14 heteroatoms. The third-order valence-corrected chi connectivity index (χ3v) is 5.80. The first-order valence-corrected chi connectivity index (χ1v) is 10.2. The Morgan fingerprint density at radius 3 is 2.53 bits per heavy atom. The number of amides is 2. The van der Waals surface area contributed by atoms with E-state index in [-0.39, 0.29) is 34.9 Å². The number of benzene rings is 1. The number of pyridine rings is 1. The van der Waals surface area contributed by atoms with Crippen LogP contribution in [0.3, 0.4) is 0 Å². The Morgan fingerprint density at radius 2 is 2.00 bits per heavy atom. The second-order valence-corrected chi connectivity index (χ2v) is 8.11. The molecule has 0 radical (unpaired) electrons. The Bertz CT molecular complexity index is 1290. The number of alkyl halides is 3. The Balaban J connectivity index is 1.72. The molecule has 1 aromatic carbocycles. The first kappa shape index (κ1) is 23.5. The van der Waals surface area contributed by atoms with Crippen molar-refractivity contribution in [3.05, 3.63) is 47.0 Å². The van der Waals surface area contributed by atoms with E-state index < -0.39 is 35.9 Å². The van der Waals surface area contributed by atoms with Gasteiger partial charge in [-0.15, -0.1) is 10.2 Å². The number of primary amides is 1. The number of rotatable bonds is 6. The van der Waals surface area contributed by atoms with Crippen molar-refractivity contribution in [2.45, 2.75) is 31.1 Å². The number of carbonyl (C=O) groups excluding carboxylic acids is 2. The molecule has 2 aromatic heterocycles. The van der Waals surface area contributed by atoms with E-state index in [4.69, 9.17) is 17.3 Å². The summed E-state index contributed by atoms with van der Waals surface area (Å²) in [5.74, 6) is -3.88. The lowest BCUT2D eigenvalue weighted by atomic mass is 9.99. The smallest absolute Gasteiger partial charge is 0.368 e. The zero-order valence-electron chi connectivity index (χ0n) is 17.5. The highest BCUT2D eigenvalue weighted by Gasteiger charge is 2.60. The number of hydrogen-bond acceptors (Lipinski definition) is 6. The summed E-state index contributed by atoms with van der Waals surface area (Å²) in [6, 6.07) is 5.57. The Morgan fingerprint density at radius 1 is 1.29 bits per heavy atom. The molecule has 0 atom stereocenters. The fourth-order valence-electron chi connectivity index (χ4n) is 3.59. The summed E-state index contributed by atoms with van der Waals surface area (Å²) in [7, 11) is 1.51. The maximum absolute atomic E-state index is 14.6. The molecule has 3 aromatic rings. The van der Waals surface area contributed by atoms with Crippen LogP contribution in [0.2, 0.25) is 5.02 Å². The highest BCUT2D eigenvalue weighted by molar-refractivity contribution is 6.31. The van der Waals surface area contributed by atoms with Gasteiger partial charge in [-0.3, -0.25) is 14.6 Å². The molecule has 0 bridgehead atoms. The number of nitrogens with two attached hydrogens (primary N) is 1. The summed E-state index contributed by atoms with van der Waals surface area (Å²) >= 11 is 6.30. The van der Waals surface area contributed by atoms with Crippen molar-refractivity contribution < 1.29 is 27.2 Å². The number of carbonyl (C=O) groups is 2. The SMILES string of the molecule is Cn1nnc(-c2c(F)cccc2-c2cnc(CN(C(=O)C(F)(F)F)C3(C(N)=O)CC3)c(Cl)c2)n1. The lowest BCUT2D eigenvalue weighted by Crippen LogP contribution is -2.53. The lowest BCUT2D eigenvalue weighted by molar-refractivity contribution is -0.190. The van der Waals surface area contributed by atoms with E-state index in [2.05, 4.69) is 20.4 Å². The topological polar surface area (TPSA) is 120 Å². The normalized spacial score (nSPS) is 14.6. The van der Waals surface area contributed by atoms with Gasteiger partial charge in [0.15, 0.2) is 0 Å². The molecule has 2 N–H and O–H groups in total. The van der Waals surface area contributed by atoms with Gasteiger partial charge >= 0.3 is 12.1 Å². The van der Waals surface area contributed by atoms with Gasteiger partial charge in [0, 0.05) is 11.8 Å². The number of hydrogen-bond donors (Lipinski definition) is 1. The molecular formula is C20H16ClF4N7O2. The molecule has 2 amide bonds. The van der Waals surface area contributed by atoms with Crippen LogP contribution in [0.1, 0.15) is 18.5 Å². The first-order valence-electron chi connectivity index (χ1n) is 9.80. The highest BCUT2D eigenvalue weighted by atomic mass is 35.5. The summed E-state index contributed by atoms with van der Waals surface area (Å²) in [5, 5.41) is 11.4. The molecule has 1 saturated carbocycles. The van der Waals surface area contributed by atoms with E-state index in [1.54, 1.807) is 6.07 Å². The van der Waals surface area contributed by atoms with Crippen LogP contribution in [-0.4, -0.2) is 53.6 Å². The van der Waals surface area contributed by atoms with Gasteiger partial charge in [-0.1, -0.05) is 23.7 Å². The van der Waals surface area contributed by atoms with Gasteiger partial charge in [0.05, 0.1) is 29.9 Å². The zero-order valence-corrected chi connectivity index (χ0v) is 18.2. The van der Waals surface area contributed by atoms with Crippen LogP contribution in [0.4, 0.5) is 17.6 Å². The molecule has 9 nitrogen and oxygen atoms in total. The third-order valence-electron chi connectivity index (χ3n) is 5.47. The Hall–Kier alpha value is -3.61. The maximum Gasteiger partial charge on any atom is 0.471 e. The van der Waals surface area contributed by atoms with Crippen LogP contribution in [0.25, 0.3) is 22.5 Å². The molecule has 34 heavy (non-hydrogen) atoms. The van der Waals surface area contributed by atoms with Crippen LogP contribution in [-0.2, 0) is 23.2 Å². The summed E-state index contributed by atoms with van der Waals surface area (Å²) in [6.45, 7) is -0.692. The number of aromatic nitrogens is 5. The van der Waals surface area contributed by atoms with Crippen molar-refractivity contribution in [2.24, 2.45) is 12.8 Å². The predicted octanol–water partition coefficient (Wildman–Crippen LogP) is 2.64. The van der Waals surface area contributed by atoms with E-state index >= 15 is 0 Å². The quantitative estimate of drug-likeness (QED) is 0.523. The highest BCUT2D eigenvalue weighted by Crippen LogP contribution is 2.44. The second kappa shape index (κ2) is 8.31. The van der Waals surface area contributed by atoms with Crippen molar-refractivity contribution in [2.75, 3.05) is 0 Å². The standard InChI is InChI=1S/C20H16ClF4N7O2/c1-31-29-16(28-30-31)15-11(3-2-4-13(15)22)10-7-12(21)14(27-8-10)9-32(18(34)20(23,24)25)19(5-6-19)17(26)33/h2-4,7-8H,5-6,9H2,1H3,(H2,26,33). The largest absolute Gasteiger partial charge is 0.471 e. The molecule has 0 aliphatic heterocycles. The van der Waals surface area contributed by atoms with Gasteiger partial charge in [0.1, 0.15) is 11.4 Å². The number of aryl methyl sites for hydroxylation is 1. The van der Waals surface area contributed by atoms with E-state index in [1.807, 2.05) is 0 Å². The molecule has 0 saturated heterocycles. The molecule has 0 unspecified atom stereocenters. The van der Waals surface area contributed by atoms with Crippen molar-refractivity contribution in [3.63, 3.8) is 0 Å². The molecule has 1 aliphatic rings. The summed E-state index contributed by atoms with van der Waals surface area (Å²) in [4.78, 5) is 29.5. The van der Waals surface area contributed by atoms with Crippen LogP contribution in [0.15, 0.2) is 30.5 Å². The van der Waals surface area contributed by atoms with Crippen LogP contribution < -0.4 is 5.73 Å². The van der Waals surface area contributed by atoms with Gasteiger partial charge in [0.2, 0.25) is 11.7 Å². The third kappa shape index (κ3) is 4.18. The number of tetrazole rings is 1. The van der Waals surface area contributed by atoms with Crippen LogP contribution >= 0.6 is 11.6 Å². The Kier molecular flexibility index (Phi) is 5.75. The summed E-state index contributed by atoms with van der Waals surface area (Å²) < 4.78 is 54.2. The molecule has 178 valence electrons. The van der Waals surface area contributed by atoms with Gasteiger partial charge in [-0.2, -0.15) is 18.0 Å². The molecule has 1 aliphatic carbocycles. The average Bonchev–Trinajstić information content (AvgIpc) is 3.46. The predicted molar refractivity (Wildman–Crippen MR) is 110 cm³/mol. The van der Waals surface area contributed by atoms with E-state index in [0.29, 0.717) is 16.0 Å². The minimum atomic E-state index is -5.22. The molecule has 2 heterocycles. The average molecular weight is 498 g/mol. The van der Waals surface area contributed by atoms with Crippen LogP contribution in [0.5, 0.6) is 0 Å². The lowest BCUT2D eigenvalue weighted by Gasteiger charge is -2.30. The summed E-state index contributed by atoms with van der Waals surface area (Å²) in [5.41, 5.74) is 4.11. The molecular weight excluding hydrogens is 482 g/mol. The monoisotopic (exact) mass is 497 g/mol.